The minimum absolute atomic E-state index is 0.221. The van der Waals surface area contributed by atoms with Crippen LogP contribution in [-0.2, 0) is 6.18 Å². The molecule has 2 atom stereocenters. The van der Waals surface area contributed by atoms with Gasteiger partial charge in [-0.15, -0.1) is 11.6 Å². The van der Waals surface area contributed by atoms with Gasteiger partial charge in [0.2, 0.25) is 0 Å². The normalized spacial score (nSPS) is 22.9. The summed E-state index contributed by atoms with van der Waals surface area (Å²) >= 11 is 5.98. The number of amides is 1. The minimum Gasteiger partial charge on any atom is -0.348 e. The van der Waals surface area contributed by atoms with E-state index in [2.05, 4.69) is 5.32 Å². The average Bonchev–Trinajstić information content (AvgIpc) is 2.74. The second-order valence-electron chi connectivity index (χ2n) is 4.72. The van der Waals surface area contributed by atoms with E-state index in [4.69, 9.17) is 11.6 Å². The molecule has 1 N–H and O–H groups in total. The summed E-state index contributed by atoms with van der Waals surface area (Å²) in [5, 5.41) is 2.36. The molecule has 2 unspecified atom stereocenters. The zero-order valence-corrected chi connectivity index (χ0v) is 11.1. The molecule has 0 bridgehead atoms. The van der Waals surface area contributed by atoms with Gasteiger partial charge in [-0.3, -0.25) is 4.79 Å². The molecular weight excluding hydrogens is 298 g/mol. The number of hydrogen-bond donors (Lipinski definition) is 1. The number of halogens is 5. The quantitative estimate of drug-likeness (QED) is 0.654. The highest BCUT2D eigenvalue weighted by atomic mass is 35.5. The summed E-state index contributed by atoms with van der Waals surface area (Å²) in [4.78, 5) is 11.9. The third kappa shape index (κ3) is 3.23. The lowest BCUT2D eigenvalue weighted by molar-refractivity contribution is -0.140. The number of carbonyl (C=O) groups excluding carboxylic acids is 1. The molecule has 1 amide bonds. The third-order valence-corrected chi connectivity index (χ3v) is 3.80. The molecule has 1 aromatic rings. The van der Waals surface area contributed by atoms with Gasteiger partial charge in [0.15, 0.2) is 0 Å². The predicted molar refractivity (Wildman–Crippen MR) is 66.1 cm³/mol. The molecule has 2 rings (SSSR count). The van der Waals surface area contributed by atoms with E-state index in [1.807, 2.05) is 0 Å². The lowest BCUT2D eigenvalue weighted by atomic mass is 10.1. The fraction of sp³-hybridized carbons (Fsp3) is 0.462. The standard InChI is InChI=1S/C13H12ClF4NO/c14-9-2-1-3-11(9)19-12(20)7-4-5-10(15)8(6-7)13(16,17)18/h4-6,9,11H,1-3H2,(H,19,20). The molecule has 0 aromatic heterocycles. The van der Waals surface area contributed by atoms with Crippen molar-refractivity contribution in [2.75, 3.05) is 0 Å². The van der Waals surface area contributed by atoms with Crippen molar-refractivity contribution >= 4 is 17.5 Å². The van der Waals surface area contributed by atoms with E-state index in [1.54, 1.807) is 0 Å². The van der Waals surface area contributed by atoms with Crippen LogP contribution >= 0.6 is 11.6 Å². The van der Waals surface area contributed by atoms with Gasteiger partial charge in [-0.1, -0.05) is 0 Å². The van der Waals surface area contributed by atoms with Crippen molar-refractivity contribution in [2.45, 2.75) is 36.9 Å². The summed E-state index contributed by atoms with van der Waals surface area (Å²) in [6, 6.07) is 1.93. The number of nitrogens with one attached hydrogen (secondary N) is 1. The molecule has 7 heteroatoms. The summed E-state index contributed by atoms with van der Waals surface area (Å²) in [6.45, 7) is 0. The summed E-state index contributed by atoms with van der Waals surface area (Å²) in [5.74, 6) is -2.07. The number of benzene rings is 1. The monoisotopic (exact) mass is 309 g/mol. The maximum Gasteiger partial charge on any atom is 0.419 e. The largest absolute Gasteiger partial charge is 0.419 e. The Hall–Kier alpha value is -1.30. The zero-order valence-electron chi connectivity index (χ0n) is 10.3. The first kappa shape index (κ1) is 15.1. The number of hydrogen-bond acceptors (Lipinski definition) is 1. The first-order chi connectivity index (χ1) is 9.29. The van der Waals surface area contributed by atoms with Gasteiger partial charge in [0, 0.05) is 11.6 Å². The molecule has 0 spiro atoms. The molecule has 1 aromatic carbocycles. The van der Waals surface area contributed by atoms with E-state index < -0.39 is 23.5 Å². The summed E-state index contributed by atoms with van der Waals surface area (Å²) in [6.07, 6.45) is -2.53. The van der Waals surface area contributed by atoms with Crippen molar-refractivity contribution in [3.05, 3.63) is 35.1 Å². The molecule has 0 saturated heterocycles. The lowest BCUT2D eigenvalue weighted by Crippen LogP contribution is -2.38. The van der Waals surface area contributed by atoms with Gasteiger partial charge in [0.1, 0.15) is 5.82 Å². The van der Waals surface area contributed by atoms with Crippen LogP contribution in [0.2, 0.25) is 0 Å². The Kier molecular flexibility index (Phi) is 4.22. The van der Waals surface area contributed by atoms with Crippen LogP contribution in [0.1, 0.15) is 35.2 Å². The summed E-state index contributed by atoms with van der Waals surface area (Å²) in [7, 11) is 0. The molecule has 0 heterocycles. The highest BCUT2D eigenvalue weighted by Gasteiger charge is 2.35. The zero-order chi connectivity index (χ0) is 14.9. The fourth-order valence-corrected chi connectivity index (χ4v) is 2.56. The first-order valence-electron chi connectivity index (χ1n) is 6.10. The topological polar surface area (TPSA) is 29.1 Å². The Morgan fingerprint density at radius 1 is 1.30 bits per heavy atom. The molecule has 0 aliphatic heterocycles. The second kappa shape index (κ2) is 5.60. The highest BCUT2D eigenvalue weighted by Crippen LogP contribution is 2.32. The summed E-state index contributed by atoms with van der Waals surface area (Å²) < 4.78 is 50.8. The van der Waals surface area contributed by atoms with Crippen LogP contribution in [0.3, 0.4) is 0 Å². The summed E-state index contributed by atoms with van der Waals surface area (Å²) in [5.41, 5.74) is -1.67. The highest BCUT2D eigenvalue weighted by molar-refractivity contribution is 6.21. The Morgan fingerprint density at radius 2 is 2.00 bits per heavy atom. The SMILES string of the molecule is O=C(NC1CCCC1Cl)c1ccc(F)c(C(F)(F)F)c1. The smallest absolute Gasteiger partial charge is 0.348 e. The van der Waals surface area contributed by atoms with Crippen molar-refractivity contribution < 1.29 is 22.4 Å². The van der Waals surface area contributed by atoms with Crippen LogP contribution < -0.4 is 5.32 Å². The van der Waals surface area contributed by atoms with E-state index in [9.17, 15) is 22.4 Å². The van der Waals surface area contributed by atoms with Crippen LogP contribution in [0.25, 0.3) is 0 Å². The fourth-order valence-electron chi connectivity index (χ4n) is 2.21. The molecule has 1 fully saturated rings. The van der Waals surface area contributed by atoms with E-state index in [1.165, 1.54) is 0 Å². The molecule has 1 aliphatic carbocycles. The Balaban J connectivity index is 2.18. The van der Waals surface area contributed by atoms with Gasteiger partial charge in [0.25, 0.3) is 5.91 Å². The third-order valence-electron chi connectivity index (χ3n) is 3.28. The van der Waals surface area contributed by atoms with Gasteiger partial charge in [-0.25, -0.2) is 4.39 Å². The Labute approximate surface area is 118 Å². The predicted octanol–water partition coefficient (Wildman–Crippen LogP) is 3.73. The van der Waals surface area contributed by atoms with Gasteiger partial charge >= 0.3 is 6.18 Å². The van der Waals surface area contributed by atoms with E-state index in [0.29, 0.717) is 18.6 Å². The van der Waals surface area contributed by atoms with Crippen LogP contribution in [0.15, 0.2) is 18.2 Å². The minimum atomic E-state index is -4.83. The maximum atomic E-state index is 13.1. The van der Waals surface area contributed by atoms with Gasteiger partial charge in [0.05, 0.1) is 10.9 Å². The number of carbonyl (C=O) groups is 1. The second-order valence-corrected chi connectivity index (χ2v) is 5.28. The van der Waals surface area contributed by atoms with Crippen LogP contribution in [0, 0.1) is 5.82 Å². The van der Waals surface area contributed by atoms with Crippen molar-refractivity contribution in [3.8, 4) is 0 Å². The van der Waals surface area contributed by atoms with E-state index in [0.717, 1.165) is 18.9 Å². The average molecular weight is 310 g/mol. The Morgan fingerprint density at radius 3 is 2.55 bits per heavy atom. The van der Waals surface area contributed by atoms with Gasteiger partial charge in [-0.2, -0.15) is 13.2 Å². The van der Waals surface area contributed by atoms with Crippen LogP contribution in [-0.4, -0.2) is 17.3 Å². The van der Waals surface area contributed by atoms with Crippen LogP contribution in [0.5, 0.6) is 0 Å². The molecular formula is C13H12ClF4NO. The molecule has 2 nitrogen and oxygen atoms in total. The molecule has 1 aliphatic rings. The maximum absolute atomic E-state index is 13.1. The molecule has 20 heavy (non-hydrogen) atoms. The molecule has 1 saturated carbocycles. The van der Waals surface area contributed by atoms with E-state index >= 15 is 0 Å². The first-order valence-corrected chi connectivity index (χ1v) is 6.54. The van der Waals surface area contributed by atoms with Crippen molar-refractivity contribution in [1.29, 1.82) is 0 Å². The lowest BCUT2D eigenvalue weighted by Gasteiger charge is -2.16. The van der Waals surface area contributed by atoms with Gasteiger partial charge in [-0.05, 0) is 37.5 Å². The van der Waals surface area contributed by atoms with Crippen LogP contribution in [0.4, 0.5) is 17.6 Å². The van der Waals surface area contributed by atoms with Crippen molar-refractivity contribution in [1.82, 2.24) is 5.32 Å². The van der Waals surface area contributed by atoms with Crippen molar-refractivity contribution in [2.24, 2.45) is 0 Å². The molecule has 0 radical (unpaired) electrons. The van der Waals surface area contributed by atoms with Crippen molar-refractivity contribution in [3.63, 3.8) is 0 Å². The van der Waals surface area contributed by atoms with E-state index in [-0.39, 0.29) is 17.0 Å². The number of rotatable bonds is 2. The number of alkyl halides is 4. The van der Waals surface area contributed by atoms with Gasteiger partial charge < -0.3 is 5.32 Å². The molecule has 110 valence electrons. The Bertz CT molecular complexity index is 518.